The van der Waals surface area contributed by atoms with Crippen LogP contribution in [0.4, 0.5) is 0 Å². The number of rotatable bonds is 0. The van der Waals surface area contributed by atoms with Crippen molar-refractivity contribution < 1.29 is 64.5 Å². The van der Waals surface area contributed by atoms with Crippen molar-refractivity contribution in [1.82, 2.24) is 0 Å². The van der Waals surface area contributed by atoms with Crippen LogP contribution in [-0.2, 0) is 22.7 Å². The molecule has 0 aromatic heterocycles. The van der Waals surface area contributed by atoms with Gasteiger partial charge in [0.2, 0.25) is 0 Å². The van der Waals surface area contributed by atoms with E-state index in [1.807, 2.05) is 0 Å². The first-order valence-electron chi connectivity index (χ1n) is 1.61. The van der Waals surface area contributed by atoms with E-state index in [9.17, 15) is 0 Å². The van der Waals surface area contributed by atoms with Crippen molar-refractivity contribution in [2.24, 2.45) is 0 Å². The van der Waals surface area contributed by atoms with Crippen molar-refractivity contribution >= 4 is 0 Å². The Morgan fingerprint density at radius 2 is 1.33 bits per heavy atom. The second-order valence-electron chi connectivity index (χ2n) is 0.677. The van der Waals surface area contributed by atoms with Crippen LogP contribution in [0.2, 0.25) is 0 Å². The standard InChI is InChI=1S/BrHO3.HNO3.H2O.2O.V/c2*2-1(3)4;;;;/h2H;(H,2,3,4);1H2;;;/q;;;;;+1/p-1. The van der Waals surface area contributed by atoms with Crippen LogP contribution in [0.25, 0.3) is 0 Å². The number of hydrogen-bond acceptors (Lipinski definition) is 7. The second-order valence-corrected chi connectivity index (χ2v) is 2.26. The van der Waals surface area contributed by atoms with Gasteiger partial charge in [0, 0.05) is 0 Å². The fraction of sp³-hybridized carbons (Fsp3) is 0. The van der Waals surface area contributed by atoms with E-state index in [0.717, 1.165) is 0 Å². The van der Waals surface area contributed by atoms with Gasteiger partial charge < -0.3 is 13.6 Å². The van der Waals surface area contributed by atoms with Gasteiger partial charge in [0.05, 0.1) is 0 Å². The van der Waals surface area contributed by atoms with Gasteiger partial charge in [0.15, 0.2) is 0 Å². The maximum absolute atomic E-state index is 8.67. The molecule has 3 N–H and O–H groups in total. The Morgan fingerprint density at radius 1 is 1.33 bits per heavy atom. The Balaban J connectivity index is -0.000000101. The van der Waals surface area contributed by atoms with Crippen LogP contribution < -0.4 is 8.40 Å². The third-order valence-electron chi connectivity index (χ3n) is 0. The predicted molar refractivity (Wildman–Crippen MR) is 14.6 cm³/mol. The van der Waals surface area contributed by atoms with Crippen LogP contribution in [0, 0.1) is 24.9 Å². The van der Waals surface area contributed by atoms with Crippen LogP contribution in [0.3, 0.4) is 0 Å². The zero-order chi connectivity index (χ0) is 10.7. The molecule has 0 unspecified atom stereocenters. The van der Waals surface area contributed by atoms with E-state index >= 15 is 0 Å². The molecule has 0 saturated carbocycles. The van der Waals surface area contributed by atoms with E-state index in [1.54, 1.807) is 0 Å². The van der Waals surface area contributed by atoms with Gasteiger partial charge in [-0.25, -0.2) is 0 Å². The molecule has 0 heterocycles. The van der Waals surface area contributed by atoms with E-state index < -0.39 is 35.3 Å². The molecule has 0 saturated heterocycles. The van der Waals surface area contributed by atoms with Crippen molar-refractivity contribution in [2.75, 3.05) is 0 Å². The quantitative estimate of drug-likeness (QED) is 0.295. The molecular formula is H3BrNO9V. The van der Waals surface area contributed by atoms with Gasteiger partial charge in [-0.15, -0.1) is 10.1 Å². The zero-order valence-corrected chi connectivity index (χ0v) is 8.05. The van der Waals surface area contributed by atoms with Gasteiger partial charge in [-0.3, -0.25) is 0 Å². The van der Waals surface area contributed by atoms with E-state index in [4.69, 9.17) is 39.3 Å². The fourth-order valence-corrected chi connectivity index (χ4v) is 0. The Morgan fingerprint density at radius 3 is 1.33 bits per heavy atom. The molecule has 12 heteroatoms. The molecule has 0 aromatic rings. The van der Waals surface area contributed by atoms with E-state index in [1.165, 1.54) is 0 Å². The molecule has 0 fully saturated rings. The summed E-state index contributed by atoms with van der Waals surface area (Å²) in [5.41, 5.74) is 0. The minimum absolute atomic E-state index is 1.50. The molecule has 0 amide bonds. The Kier molecular flexibility index (Phi) is 19.6. The minimum atomic E-state index is -3.69. The van der Waals surface area contributed by atoms with Crippen LogP contribution in [-0.4, -0.2) is 18.5 Å². The summed E-state index contributed by atoms with van der Waals surface area (Å²) in [4.78, 5) is 8.36. The predicted octanol–water partition coefficient (Wildman–Crippen LogP) is -4.08. The van der Waals surface area contributed by atoms with Crippen LogP contribution in [0.15, 0.2) is 0 Å². The van der Waals surface area contributed by atoms with Crippen molar-refractivity contribution in [3.05, 3.63) is 10.1 Å². The van der Waals surface area contributed by atoms with Crippen molar-refractivity contribution in [1.29, 1.82) is 0 Å². The van der Waals surface area contributed by atoms with Gasteiger partial charge in [0.1, 0.15) is 0 Å². The Labute approximate surface area is 75.0 Å². The molecule has 0 aromatic carbocycles. The van der Waals surface area contributed by atoms with Gasteiger partial charge >= 0.3 is 41.6 Å². The number of halogens is 1. The summed E-state index contributed by atoms with van der Waals surface area (Å²) in [6, 6.07) is 0. The molecule has 0 aliphatic rings. The normalized spacial score (nSPS) is 7.08. The average molecular weight is 292 g/mol. The number of hydrogen-bond donors (Lipinski definition) is 3. The summed E-state index contributed by atoms with van der Waals surface area (Å²) in [6.45, 7) is 0. The molecule has 0 radical (unpaired) electrons. The van der Waals surface area contributed by atoms with Crippen molar-refractivity contribution in [3.8, 4) is 0 Å². The van der Waals surface area contributed by atoms with E-state index in [0.29, 0.717) is 0 Å². The first kappa shape index (κ1) is 17.7. The maximum atomic E-state index is 8.67. The summed E-state index contributed by atoms with van der Waals surface area (Å²) in [7, 11) is 0. The fourth-order valence-electron chi connectivity index (χ4n) is 0. The third kappa shape index (κ3) is 8420. The van der Waals surface area contributed by atoms with Gasteiger partial charge in [-0.2, -0.15) is 0 Å². The molecule has 74 valence electrons. The molecule has 10 nitrogen and oxygen atoms in total. The Bertz CT molecular complexity index is 145. The molecule has 0 aliphatic carbocycles. The first-order valence-corrected chi connectivity index (χ1v) is 5.38. The van der Waals surface area contributed by atoms with Crippen LogP contribution >= 0.6 is 0 Å². The topological polar surface area (TPSA) is 184 Å². The molecule has 0 bridgehead atoms. The molecule has 12 heavy (non-hydrogen) atoms. The van der Waals surface area contributed by atoms with E-state index in [-0.39, 0.29) is 0 Å². The summed E-state index contributed by atoms with van der Waals surface area (Å²) in [5.74, 6) is 0. The molecule has 0 rings (SSSR count). The van der Waals surface area contributed by atoms with Gasteiger partial charge in [-0.1, -0.05) is 0 Å². The average Bonchev–Trinajstić information content (AvgIpc) is 1.54. The summed E-state index contributed by atoms with van der Waals surface area (Å²) < 4.78 is 48.8. The summed E-state index contributed by atoms with van der Waals surface area (Å²) in [6.07, 6.45) is 0. The zero-order valence-electron chi connectivity index (χ0n) is 5.06. The summed E-state index contributed by atoms with van der Waals surface area (Å²) >= 11 is -7.08. The molecule has 0 atom stereocenters. The number of nitrogens with zero attached hydrogens (tertiary/aromatic N) is 1. The second kappa shape index (κ2) is 13.3. The monoisotopic (exact) mass is 291 g/mol. The van der Waals surface area contributed by atoms with Crippen LogP contribution in [0.5, 0.6) is 0 Å². The SMILES string of the molecule is O=[N+]([O-])O.[O-][Br+2]([O-])O.[O]=[V](=[O])[OH]. The molecular weight excluding hydrogens is 289 g/mol. The third-order valence-corrected chi connectivity index (χ3v) is 0. The Hall–Kier alpha value is -0.296. The van der Waals surface area contributed by atoms with Crippen molar-refractivity contribution in [2.45, 2.75) is 0 Å². The molecule has 0 aliphatic heterocycles. The van der Waals surface area contributed by atoms with E-state index in [2.05, 4.69) is 0 Å². The first-order chi connectivity index (χ1) is 5.20. The van der Waals surface area contributed by atoms with Gasteiger partial charge in [0.25, 0.3) is 5.09 Å². The molecule has 0 spiro atoms. The summed E-state index contributed by atoms with van der Waals surface area (Å²) in [5, 5.41) is 13.6. The van der Waals surface area contributed by atoms with Crippen molar-refractivity contribution in [3.63, 3.8) is 0 Å². The van der Waals surface area contributed by atoms with Gasteiger partial charge in [-0.05, 0) is 4.20 Å². The van der Waals surface area contributed by atoms with Crippen LogP contribution in [0.1, 0.15) is 0 Å².